The summed E-state index contributed by atoms with van der Waals surface area (Å²) in [6.45, 7) is 7.41. The lowest BCUT2D eigenvalue weighted by atomic mass is 10.2. The summed E-state index contributed by atoms with van der Waals surface area (Å²) in [6.07, 6.45) is 1.70. The van der Waals surface area contributed by atoms with Crippen molar-refractivity contribution in [2.75, 3.05) is 34.2 Å². The lowest BCUT2D eigenvalue weighted by Crippen LogP contribution is -2.43. The van der Waals surface area contributed by atoms with Crippen LogP contribution in [0.3, 0.4) is 0 Å². The van der Waals surface area contributed by atoms with Gasteiger partial charge < -0.3 is 24.4 Å². The molecule has 0 aliphatic heterocycles. The molecule has 1 heterocycles. The van der Waals surface area contributed by atoms with E-state index in [0.29, 0.717) is 13.1 Å². The highest BCUT2D eigenvalue weighted by Gasteiger charge is 2.19. The van der Waals surface area contributed by atoms with Crippen molar-refractivity contribution < 1.29 is 9.53 Å². The van der Waals surface area contributed by atoms with Gasteiger partial charge >= 0.3 is 6.09 Å². The number of halogens is 2. The first-order valence-corrected chi connectivity index (χ1v) is 8.99. The average Bonchev–Trinajstić information content (AvgIpc) is 2.79. The summed E-state index contributed by atoms with van der Waals surface area (Å²) in [5, 5.41) is 3.27. The Bertz CT molecular complexity index is 613. The van der Waals surface area contributed by atoms with Crippen molar-refractivity contribution in [3.63, 3.8) is 0 Å². The Balaban J connectivity index is 0.00000625. The fourth-order valence-corrected chi connectivity index (χ4v) is 2.76. The number of aromatic nitrogens is 1. The monoisotopic (exact) mass is 543 g/mol. The summed E-state index contributed by atoms with van der Waals surface area (Å²) in [6, 6.07) is 2.08. The standard InChI is InChI=1S/C17H30BrN5O2.HI/c1-17(2,3)25-16(24)21(5)9-8-20-15(19-4)23(7)12-14-10-13(18)11-22(14)6;/h10-11H,8-9,12H2,1-7H3,(H,19,20);1H. The van der Waals surface area contributed by atoms with E-state index in [9.17, 15) is 4.79 Å². The fraction of sp³-hybridized carbons (Fsp3) is 0.647. The molecule has 0 spiro atoms. The maximum Gasteiger partial charge on any atom is 0.410 e. The number of hydrogen-bond donors (Lipinski definition) is 1. The van der Waals surface area contributed by atoms with Gasteiger partial charge in [0.2, 0.25) is 0 Å². The summed E-state index contributed by atoms with van der Waals surface area (Å²) in [5.41, 5.74) is 0.682. The van der Waals surface area contributed by atoms with Crippen LogP contribution >= 0.6 is 39.9 Å². The normalized spacial score (nSPS) is 11.6. The third-order valence-corrected chi connectivity index (χ3v) is 3.92. The van der Waals surface area contributed by atoms with Crippen molar-refractivity contribution in [1.29, 1.82) is 0 Å². The van der Waals surface area contributed by atoms with Gasteiger partial charge in [0.25, 0.3) is 0 Å². The molecule has 150 valence electrons. The number of ether oxygens (including phenoxy) is 1. The highest BCUT2D eigenvalue weighted by atomic mass is 127. The minimum atomic E-state index is -0.488. The van der Waals surface area contributed by atoms with Crippen LogP contribution in [0, 0.1) is 0 Å². The van der Waals surface area contributed by atoms with E-state index < -0.39 is 5.60 Å². The van der Waals surface area contributed by atoms with Crippen LogP contribution in [-0.2, 0) is 18.3 Å². The van der Waals surface area contributed by atoms with Gasteiger partial charge in [0, 0.05) is 57.6 Å². The maximum absolute atomic E-state index is 11.9. The first-order valence-electron chi connectivity index (χ1n) is 8.20. The first kappa shape index (κ1) is 25.0. The van der Waals surface area contributed by atoms with Gasteiger partial charge in [-0.1, -0.05) is 0 Å². The van der Waals surface area contributed by atoms with Crippen LogP contribution in [0.25, 0.3) is 0 Å². The first-order chi connectivity index (χ1) is 11.5. The Hall–Kier alpha value is -0.970. The molecule has 0 fully saturated rings. The van der Waals surface area contributed by atoms with Crippen LogP contribution in [0.1, 0.15) is 26.5 Å². The van der Waals surface area contributed by atoms with Crippen LogP contribution in [0.2, 0.25) is 0 Å². The summed E-state index contributed by atoms with van der Waals surface area (Å²) >= 11 is 3.48. The van der Waals surface area contributed by atoms with Crippen molar-refractivity contribution in [1.82, 2.24) is 19.7 Å². The Labute approximate surface area is 182 Å². The molecule has 1 N–H and O–H groups in total. The molecule has 9 heteroatoms. The van der Waals surface area contributed by atoms with Crippen molar-refractivity contribution in [2.45, 2.75) is 32.9 Å². The number of nitrogens with zero attached hydrogens (tertiary/aromatic N) is 4. The fourth-order valence-electron chi connectivity index (χ4n) is 2.19. The molecule has 1 aromatic rings. The van der Waals surface area contributed by atoms with Gasteiger partial charge in [-0.3, -0.25) is 4.99 Å². The van der Waals surface area contributed by atoms with Gasteiger partial charge in [0.15, 0.2) is 5.96 Å². The number of amides is 1. The Morgan fingerprint density at radius 1 is 1.35 bits per heavy atom. The van der Waals surface area contributed by atoms with Gasteiger partial charge in [-0.05, 0) is 42.8 Å². The van der Waals surface area contributed by atoms with Gasteiger partial charge in [-0.15, -0.1) is 24.0 Å². The van der Waals surface area contributed by atoms with Crippen LogP contribution in [0.5, 0.6) is 0 Å². The number of hydrogen-bond acceptors (Lipinski definition) is 3. The summed E-state index contributed by atoms with van der Waals surface area (Å²) in [5.74, 6) is 0.773. The molecular formula is C17H31BrIN5O2. The summed E-state index contributed by atoms with van der Waals surface area (Å²) < 4.78 is 8.47. The number of carbonyl (C=O) groups excluding carboxylic acids is 1. The van der Waals surface area contributed by atoms with Crippen molar-refractivity contribution >= 4 is 52.0 Å². The number of aryl methyl sites for hydroxylation is 1. The average molecular weight is 544 g/mol. The molecule has 0 saturated carbocycles. The third-order valence-electron chi connectivity index (χ3n) is 3.48. The predicted molar refractivity (Wildman–Crippen MR) is 120 cm³/mol. The molecule has 26 heavy (non-hydrogen) atoms. The van der Waals surface area contributed by atoms with E-state index in [4.69, 9.17) is 4.74 Å². The maximum atomic E-state index is 11.9. The number of likely N-dealkylation sites (N-methyl/N-ethyl adjacent to an activating group) is 1. The number of carbonyl (C=O) groups is 1. The minimum Gasteiger partial charge on any atom is -0.444 e. The Morgan fingerprint density at radius 3 is 2.42 bits per heavy atom. The molecule has 0 saturated heterocycles. The topological polar surface area (TPSA) is 62.1 Å². The van der Waals surface area contributed by atoms with E-state index in [2.05, 4.69) is 36.9 Å². The molecule has 0 unspecified atom stereocenters. The van der Waals surface area contributed by atoms with E-state index in [1.54, 1.807) is 19.0 Å². The molecule has 0 radical (unpaired) electrons. The van der Waals surface area contributed by atoms with Crippen LogP contribution in [-0.4, -0.2) is 66.3 Å². The summed E-state index contributed by atoms with van der Waals surface area (Å²) in [7, 11) is 7.47. The van der Waals surface area contributed by atoms with Crippen molar-refractivity contribution in [3.8, 4) is 0 Å². The second-order valence-corrected chi connectivity index (χ2v) is 7.91. The second kappa shape index (κ2) is 11.0. The number of aliphatic imine (C=N–C) groups is 1. The zero-order valence-corrected chi connectivity index (χ0v) is 20.6. The highest BCUT2D eigenvalue weighted by molar-refractivity contribution is 14.0. The predicted octanol–water partition coefficient (Wildman–Crippen LogP) is 3.28. The molecule has 1 rings (SSSR count). The SMILES string of the molecule is CN=C(NCCN(C)C(=O)OC(C)(C)C)N(C)Cc1cc(Br)cn1C.I. The molecule has 1 aromatic heterocycles. The molecule has 0 bridgehead atoms. The lowest BCUT2D eigenvalue weighted by Gasteiger charge is -2.26. The van der Waals surface area contributed by atoms with Crippen molar-refractivity contribution in [3.05, 3.63) is 22.4 Å². The van der Waals surface area contributed by atoms with Crippen LogP contribution in [0.15, 0.2) is 21.7 Å². The summed E-state index contributed by atoms with van der Waals surface area (Å²) in [4.78, 5) is 19.8. The van der Waals surface area contributed by atoms with E-state index in [1.165, 1.54) is 5.69 Å². The molecular weight excluding hydrogens is 513 g/mol. The lowest BCUT2D eigenvalue weighted by molar-refractivity contribution is 0.0302. The third kappa shape index (κ3) is 8.61. The van der Waals surface area contributed by atoms with Crippen LogP contribution in [0.4, 0.5) is 4.79 Å². The molecule has 0 aliphatic carbocycles. The number of rotatable bonds is 5. The molecule has 1 amide bonds. The largest absolute Gasteiger partial charge is 0.444 e. The highest BCUT2D eigenvalue weighted by Crippen LogP contribution is 2.15. The van der Waals surface area contributed by atoms with E-state index in [0.717, 1.165) is 17.0 Å². The van der Waals surface area contributed by atoms with Gasteiger partial charge in [0.1, 0.15) is 5.60 Å². The van der Waals surface area contributed by atoms with Gasteiger partial charge in [-0.25, -0.2) is 4.79 Å². The van der Waals surface area contributed by atoms with E-state index >= 15 is 0 Å². The van der Waals surface area contributed by atoms with Gasteiger partial charge in [-0.2, -0.15) is 0 Å². The molecule has 0 aliphatic rings. The minimum absolute atomic E-state index is 0. The van der Waals surface area contributed by atoms with Crippen molar-refractivity contribution in [2.24, 2.45) is 12.0 Å². The Kier molecular flexibility index (Phi) is 10.6. The second-order valence-electron chi connectivity index (χ2n) is 6.99. The van der Waals surface area contributed by atoms with Gasteiger partial charge in [0.05, 0.1) is 6.54 Å². The number of nitrogens with one attached hydrogen (secondary N) is 1. The smallest absolute Gasteiger partial charge is 0.410 e. The number of guanidine groups is 1. The molecule has 0 aromatic carbocycles. The molecule has 7 nitrogen and oxygen atoms in total. The van der Waals surface area contributed by atoms with Crippen LogP contribution < -0.4 is 5.32 Å². The zero-order chi connectivity index (χ0) is 19.2. The van der Waals surface area contributed by atoms with E-state index in [-0.39, 0.29) is 30.1 Å². The zero-order valence-electron chi connectivity index (χ0n) is 16.7. The van der Waals surface area contributed by atoms with E-state index in [1.807, 2.05) is 46.0 Å². The molecule has 0 atom stereocenters. The Morgan fingerprint density at radius 2 is 1.96 bits per heavy atom. The quantitative estimate of drug-likeness (QED) is 0.352.